The van der Waals surface area contributed by atoms with E-state index < -0.39 is 0 Å². The lowest BCUT2D eigenvalue weighted by Crippen LogP contribution is -2.39. The van der Waals surface area contributed by atoms with Gasteiger partial charge in [0.25, 0.3) is 0 Å². The molecule has 2 amide bonds. The zero-order valence-corrected chi connectivity index (χ0v) is 12.1. The van der Waals surface area contributed by atoms with Gasteiger partial charge in [0.2, 0.25) is 11.8 Å². The van der Waals surface area contributed by atoms with Crippen LogP contribution in [0.2, 0.25) is 5.02 Å². The first-order chi connectivity index (χ1) is 9.08. The zero-order chi connectivity index (χ0) is 13.8. The highest BCUT2D eigenvalue weighted by Crippen LogP contribution is 2.22. The van der Waals surface area contributed by atoms with Crippen molar-refractivity contribution < 1.29 is 9.59 Å². The number of benzene rings is 1. The summed E-state index contributed by atoms with van der Waals surface area (Å²) in [6.07, 6.45) is 0. The highest BCUT2D eigenvalue weighted by molar-refractivity contribution is 8.00. The number of amides is 2. The summed E-state index contributed by atoms with van der Waals surface area (Å²) in [5, 5.41) is 3.49. The SMILES string of the molecule is CC(NC(=O)CN1CSCC1=O)c1ccccc1Cl. The molecule has 0 bridgehead atoms. The minimum absolute atomic E-state index is 0.0190. The summed E-state index contributed by atoms with van der Waals surface area (Å²) in [5.41, 5.74) is 0.875. The number of rotatable bonds is 4. The first-order valence-electron chi connectivity index (χ1n) is 5.97. The van der Waals surface area contributed by atoms with Crippen LogP contribution in [-0.4, -0.2) is 34.9 Å². The molecule has 1 N–H and O–H groups in total. The minimum Gasteiger partial charge on any atom is -0.348 e. The van der Waals surface area contributed by atoms with Gasteiger partial charge in [-0.1, -0.05) is 29.8 Å². The van der Waals surface area contributed by atoms with Gasteiger partial charge in [-0.25, -0.2) is 0 Å². The number of nitrogens with one attached hydrogen (secondary N) is 1. The minimum atomic E-state index is -0.174. The maximum Gasteiger partial charge on any atom is 0.240 e. The lowest BCUT2D eigenvalue weighted by atomic mass is 10.1. The largest absolute Gasteiger partial charge is 0.348 e. The molecule has 6 heteroatoms. The monoisotopic (exact) mass is 298 g/mol. The molecule has 1 heterocycles. The van der Waals surface area contributed by atoms with E-state index >= 15 is 0 Å². The van der Waals surface area contributed by atoms with Crippen LogP contribution in [0.15, 0.2) is 24.3 Å². The molecular formula is C13H15ClN2O2S. The van der Waals surface area contributed by atoms with Gasteiger partial charge in [-0.3, -0.25) is 9.59 Å². The third kappa shape index (κ3) is 3.64. The predicted molar refractivity (Wildman–Crippen MR) is 77.0 cm³/mol. The fraction of sp³-hybridized carbons (Fsp3) is 0.385. The standard InChI is InChI=1S/C13H15ClN2O2S/c1-9(10-4-2-3-5-11(10)14)15-12(17)6-16-8-19-7-13(16)18/h2-5,9H,6-8H2,1H3,(H,15,17). The molecule has 1 aromatic carbocycles. The first-order valence-corrected chi connectivity index (χ1v) is 7.50. The molecule has 4 nitrogen and oxygen atoms in total. The van der Waals surface area contributed by atoms with Crippen LogP contribution < -0.4 is 5.32 Å². The Kier molecular flexibility index (Phi) is 4.71. The molecule has 1 aliphatic rings. The number of nitrogens with zero attached hydrogens (tertiary/aromatic N) is 1. The third-order valence-electron chi connectivity index (χ3n) is 2.91. The van der Waals surface area contributed by atoms with Gasteiger partial charge in [-0.2, -0.15) is 0 Å². The van der Waals surface area contributed by atoms with Crippen molar-refractivity contribution in [2.24, 2.45) is 0 Å². The highest BCUT2D eigenvalue weighted by Gasteiger charge is 2.23. The average molecular weight is 299 g/mol. The molecule has 1 aromatic rings. The summed E-state index contributed by atoms with van der Waals surface area (Å²) >= 11 is 7.60. The second-order valence-corrected chi connectivity index (χ2v) is 5.74. The smallest absolute Gasteiger partial charge is 0.240 e. The number of carbonyl (C=O) groups is 2. The van der Waals surface area contributed by atoms with E-state index in [1.807, 2.05) is 25.1 Å². The fourth-order valence-electron chi connectivity index (χ4n) is 1.90. The van der Waals surface area contributed by atoms with Crippen molar-refractivity contribution >= 4 is 35.2 Å². The second kappa shape index (κ2) is 6.30. The molecule has 1 atom stereocenters. The van der Waals surface area contributed by atoms with Crippen molar-refractivity contribution in [1.29, 1.82) is 0 Å². The number of thioether (sulfide) groups is 1. The van der Waals surface area contributed by atoms with Crippen LogP contribution in [-0.2, 0) is 9.59 Å². The van der Waals surface area contributed by atoms with E-state index in [4.69, 9.17) is 11.6 Å². The predicted octanol–water partition coefficient (Wildman–Crippen LogP) is 2.05. The first kappa shape index (κ1) is 14.2. The fourth-order valence-corrected chi connectivity index (χ4v) is 3.11. The van der Waals surface area contributed by atoms with Crippen LogP contribution in [0.3, 0.4) is 0 Å². The van der Waals surface area contributed by atoms with Crippen molar-refractivity contribution in [3.8, 4) is 0 Å². The van der Waals surface area contributed by atoms with E-state index in [-0.39, 0.29) is 24.4 Å². The van der Waals surface area contributed by atoms with Crippen LogP contribution in [0, 0.1) is 0 Å². The van der Waals surface area contributed by atoms with E-state index in [0.717, 1.165) is 5.56 Å². The average Bonchev–Trinajstić information content (AvgIpc) is 2.75. The third-order valence-corrected chi connectivity index (χ3v) is 4.20. The Morgan fingerprint density at radius 3 is 2.89 bits per heavy atom. The Labute approximate surface area is 121 Å². The van der Waals surface area contributed by atoms with Gasteiger partial charge in [0, 0.05) is 5.02 Å². The summed E-state index contributed by atoms with van der Waals surface area (Å²) in [7, 11) is 0. The topological polar surface area (TPSA) is 49.4 Å². The summed E-state index contributed by atoms with van der Waals surface area (Å²) in [5.74, 6) is 0.911. The van der Waals surface area contributed by atoms with E-state index in [2.05, 4.69) is 5.32 Å². The molecule has 1 saturated heterocycles. The van der Waals surface area contributed by atoms with Crippen LogP contribution in [0.4, 0.5) is 0 Å². The van der Waals surface area contributed by atoms with Gasteiger partial charge in [0.1, 0.15) is 6.54 Å². The molecule has 0 aliphatic carbocycles. The van der Waals surface area contributed by atoms with Gasteiger partial charge >= 0.3 is 0 Å². The van der Waals surface area contributed by atoms with E-state index in [9.17, 15) is 9.59 Å². The molecule has 19 heavy (non-hydrogen) atoms. The van der Waals surface area contributed by atoms with E-state index in [1.165, 1.54) is 11.8 Å². The molecule has 0 aromatic heterocycles. The summed E-state index contributed by atoms with van der Waals surface area (Å²) < 4.78 is 0. The van der Waals surface area contributed by atoms with Crippen molar-refractivity contribution in [2.45, 2.75) is 13.0 Å². The van der Waals surface area contributed by atoms with Crippen LogP contribution >= 0.6 is 23.4 Å². The van der Waals surface area contributed by atoms with Crippen molar-refractivity contribution in [1.82, 2.24) is 10.2 Å². The Balaban J connectivity index is 1.92. The van der Waals surface area contributed by atoms with E-state index in [0.29, 0.717) is 16.7 Å². The zero-order valence-electron chi connectivity index (χ0n) is 10.6. The highest BCUT2D eigenvalue weighted by atomic mass is 35.5. The molecular weight excluding hydrogens is 284 g/mol. The lowest BCUT2D eigenvalue weighted by Gasteiger charge is -2.19. The van der Waals surface area contributed by atoms with Crippen molar-refractivity contribution in [2.75, 3.05) is 18.2 Å². The van der Waals surface area contributed by atoms with Crippen LogP contribution in [0.5, 0.6) is 0 Å². The van der Waals surface area contributed by atoms with Crippen molar-refractivity contribution in [3.05, 3.63) is 34.9 Å². The number of hydrogen-bond acceptors (Lipinski definition) is 3. The normalized spacial score (nSPS) is 16.5. The Bertz CT molecular complexity index is 495. The van der Waals surface area contributed by atoms with Gasteiger partial charge in [0.15, 0.2) is 0 Å². The maximum atomic E-state index is 11.9. The summed E-state index contributed by atoms with van der Waals surface area (Å²) in [6, 6.07) is 7.22. The molecule has 1 unspecified atom stereocenters. The number of carbonyl (C=O) groups excluding carboxylic acids is 2. The second-order valence-electron chi connectivity index (χ2n) is 4.38. The van der Waals surface area contributed by atoms with E-state index in [1.54, 1.807) is 11.0 Å². The molecule has 1 aliphatic heterocycles. The number of halogens is 1. The quantitative estimate of drug-likeness (QED) is 0.925. The lowest BCUT2D eigenvalue weighted by molar-refractivity contribution is -0.132. The summed E-state index contributed by atoms with van der Waals surface area (Å²) in [6.45, 7) is 1.99. The maximum absolute atomic E-state index is 11.9. The van der Waals surface area contributed by atoms with Crippen LogP contribution in [0.1, 0.15) is 18.5 Å². The summed E-state index contributed by atoms with van der Waals surface area (Å²) in [4.78, 5) is 24.9. The Hall–Kier alpha value is -1.20. The molecule has 102 valence electrons. The Morgan fingerprint density at radius 1 is 1.53 bits per heavy atom. The van der Waals surface area contributed by atoms with Crippen molar-refractivity contribution in [3.63, 3.8) is 0 Å². The molecule has 2 rings (SSSR count). The van der Waals surface area contributed by atoms with Gasteiger partial charge < -0.3 is 10.2 Å². The van der Waals surface area contributed by atoms with Gasteiger partial charge in [0.05, 0.1) is 17.7 Å². The van der Waals surface area contributed by atoms with Gasteiger partial charge in [-0.15, -0.1) is 11.8 Å². The molecule has 0 spiro atoms. The number of hydrogen-bond donors (Lipinski definition) is 1. The van der Waals surface area contributed by atoms with Gasteiger partial charge in [-0.05, 0) is 18.6 Å². The van der Waals surface area contributed by atoms with Crippen LogP contribution in [0.25, 0.3) is 0 Å². The molecule has 0 radical (unpaired) electrons. The molecule has 1 fully saturated rings. The molecule has 0 saturated carbocycles. The Morgan fingerprint density at radius 2 is 2.26 bits per heavy atom.